The molecule has 80 valence electrons. The molecule has 0 spiro atoms. The molecule has 0 bridgehead atoms. The van der Waals surface area contributed by atoms with Crippen LogP contribution in [0.4, 0.5) is 0 Å². The summed E-state index contributed by atoms with van der Waals surface area (Å²) in [7, 11) is 0. The predicted molar refractivity (Wildman–Crippen MR) is 65.2 cm³/mol. The molecule has 0 radical (unpaired) electrons. The zero-order chi connectivity index (χ0) is 10.4. The summed E-state index contributed by atoms with van der Waals surface area (Å²) in [6, 6.07) is 0. The average molecular weight is 308 g/mol. The first-order valence-electron chi connectivity index (χ1n) is 5.07. The van der Waals surface area contributed by atoms with Crippen molar-refractivity contribution in [3.05, 3.63) is 15.5 Å². The van der Waals surface area contributed by atoms with E-state index in [2.05, 4.69) is 40.8 Å². The van der Waals surface area contributed by atoms with E-state index in [4.69, 9.17) is 4.74 Å². The van der Waals surface area contributed by atoms with Crippen LogP contribution in [0, 0.1) is 3.57 Å². The number of unbranched alkanes of at least 4 members (excludes halogenated alkanes) is 1. The zero-order valence-corrected chi connectivity index (χ0v) is 11.0. The van der Waals surface area contributed by atoms with Crippen molar-refractivity contribution in [2.24, 2.45) is 0 Å². The van der Waals surface area contributed by atoms with E-state index in [1.54, 1.807) is 0 Å². The Balaban J connectivity index is 2.53. The highest BCUT2D eigenvalue weighted by molar-refractivity contribution is 14.1. The van der Waals surface area contributed by atoms with Gasteiger partial charge < -0.3 is 4.74 Å². The minimum absolute atomic E-state index is 0.633. The third-order valence-electron chi connectivity index (χ3n) is 1.97. The molecule has 1 rings (SSSR count). The van der Waals surface area contributed by atoms with Crippen LogP contribution in [0.1, 0.15) is 32.4 Å². The average Bonchev–Trinajstić information content (AvgIpc) is 2.53. The maximum absolute atomic E-state index is 5.34. The van der Waals surface area contributed by atoms with Crippen LogP contribution in [0.15, 0.2) is 6.20 Å². The van der Waals surface area contributed by atoms with Crippen molar-refractivity contribution in [2.75, 3.05) is 6.61 Å². The first kappa shape index (κ1) is 12.0. The molecule has 0 N–H and O–H groups in total. The first-order valence-corrected chi connectivity index (χ1v) is 6.15. The van der Waals surface area contributed by atoms with Gasteiger partial charge in [0.05, 0.1) is 10.2 Å². The van der Waals surface area contributed by atoms with E-state index < -0.39 is 0 Å². The van der Waals surface area contributed by atoms with Crippen LogP contribution in [-0.4, -0.2) is 16.4 Å². The molecule has 0 atom stereocenters. The molecule has 0 saturated carbocycles. The monoisotopic (exact) mass is 308 g/mol. The van der Waals surface area contributed by atoms with E-state index in [0.29, 0.717) is 6.61 Å². The number of halogens is 1. The minimum Gasteiger partial charge on any atom is -0.375 e. The van der Waals surface area contributed by atoms with E-state index >= 15 is 0 Å². The highest BCUT2D eigenvalue weighted by Crippen LogP contribution is 2.11. The molecule has 0 aliphatic heterocycles. The second-order valence-corrected chi connectivity index (χ2v) is 4.34. The fourth-order valence-corrected chi connectivity index (χ4v) is 1.75. The number of ether oxygens (including phenoxy) is 1. The lowest BCUT2D eigenvalue weighted by Crippen LogP contribution is -2.00. The predicted octanol–water partition coefficient (Wildman–Crippen LogP) is 2.82. The quantitative estimate of drug-likeness (QED) is 0.756. The molecule has 0 aliphatic rings. The molecule has 0 amide bonds. The number of aromatic nitrogens is 2. The third kappa shape index (κ3) is 3.57. The summed E-state index contributed by atoms with van der Waals surface area (Å²) in [6.45, 7) is 6.58. The number of aryl methyl sites for hydroxylation is 1. The van der Waals surface area contributed by atoms with E-state index in [-0.39, 0.29) is 0 Å². The van der Waals surface area contributed by atoms with Crippen molar-refractivity contribution in [3.8, 4) is 0 Å². The Labute approximate surface area is 99.0 Å². The number of rotatable bonds is 6. The molecular formula is C10H17IN2O. The second kappa shape index (κ2) is 6.40. The summed E-state index contributed by atoms with van der Waals surface area (Å²) in [4.78, 5) is 0. The highest BCUT2D eigenvalue weighted by Gasteiger charge is 2.05. The van der Waals surface area contributed by atoms with E-state index in [0.717, 1.165) is 18.8 Å². The summed E-state index contributed by atoms with van der Waals surface area (Å²) in [6.07, 6.45) is 4.48. The van der Waals surface area contributed by atoms with Gasteiger partial charge in [-0.15, -0.1) is 0 Å². The molecular weight excluding hydrogens is 291 g/mol. The Morgan fingerprint density at radius 2 is 2.29 bits per heavy atom. The number of hydrogen-bond acceptors (Lipinski definition) is 2. The van der Waals surface area contributed by atoms with Gasteiger partial charge in [-0.25, -0.2) is 0 Å². The van der Waals surface area contributed by atoms with Gasteiger partial charge in [0, 0.05) is 19.3 Å². The molecule has 4 heteroatoms. The van der Waals surface area contributed by atoms with Crippen LogP contribution in [0.25, 0.3) is 0 Å². The maximum Gasteiger partial charge on any atom is 0.101 e. The van der Waals surface area contributed by atoms with Crippen molar-refractivity contribution >= 4 is 22.6 Å². The van der Waals surface area contributed by atoms with Gasteiger partial charge in [0.25, 0.3) is 0 Å². The van der Waals surface area contributed by atoms with Crippen molar-refractivity contribution in [1.82, 2.24) is 9.78 Å². The number of hydrogen-bond donors (Lipinski definition) is 0. The van der Waals surface area contributed by atoms with Gasteiger partial charge in [0.1, 0.15) is 5.69 Å². The molecule has 0 aliphatic carbocycles. The highest BCUT2D eigenvalue weighted by atomic mass is 127. The molecule has 0 aromatic carbocycles. The van der Waals surface area contributed by atoms with Gasteiger partial charge in [-0.3, -0.25) is 4.68 Å². The smallest absolute Gasteiger partial charge is 0.101 e. The van der Waals surface area contributed by atoms with Gasteiger partial charge in [-0.05, 0) is 35.9 Å². The largest absolute Gasteiger partial charge is 0.375 e. The zero-order valence-electron chi connectivity index (χ0n) is 8.79. The maximum atomic E-state index is 5.34. The molecule has 3 nitrogen and oxygen atoms in total. The summed E-state index contributed by atoms with van der Waals surface area (Å²) in [5, 5.41) is 4.47. The molecule has 1 aromatic heterocycles. The van der Waals surface area contributed by atoms with Crippen LogP contribution in [0.3, 0.4) is 0 Å². The van der Waals surface area contributed by atoms with Gasteiger partial charge in [-0.2, -0.15) is 5.10 Å². The van der Waals surface area contributed by atoms with E-state index in [1.165, 1.54) is 16.4 Å². The normalized spacial score (nSPS) is 10.8. The van der Waals surface area contributed by atoms with Gasteiger partial charge in [0.2, 0.25) is 0 Å². The van der Waals surface area contributed by atoms with E-state index in [9.17, 15) is 0 Å². The second-order valence-electron chi connectivity index (χ2n) is 3.18. The Bertz CT molecular complexity index is 273. The number of nitrogens with zero attached hydrogens (tertiary/aromatic N) is 2. The van der Waals surface area contributed by atoms with Crippen LogP contribution < -0.4 is 0 Å². The van der Waals surface area contributed by atoms with Crippen molar-refractivity contribution in [3.63, 3.8) is 0 Å². The third-order valence-corrected chi connectivity index (χ3v) is 2.87. The van der Waals surface area contributed by atoms with Crippen LogP contribution in [0.2, 0.25) is 0 Å². The fourth-order valence-electron chi connectivity index (χ4n) is 1.17. The molecule has 14 heavy (non-hydrogen) atoms. The summed E-state index contributed by atoms with van der Waals surface area (Å²) >= 11 is 2.31. The summed E-state index contributed by atoms with van der Waals surface area (Å²) in [5.74, 6) is 0. The lowest BCUT2D eigenvalue weighted by atomic mass is 10.3. The van der Waals surface area contributed by atoms with Gasteiger partial charge >= 0.3 is 0 Å². The van der Waals surface area contributed by atoms with Crippen molar-refractivity contribution < 1.29 is 4.74 Å². The van der Waals surface area contributed by atoms with Crippen molar-refractivity contribution in [1.29, 1.82) is 0 Å². The molecule has 0 fully saturated rings. The van der Waals surface area contributed by atoms with Crippen LogP contribution in [0.5, 0.6) is 0 Å². The summed E-state index contributed by atoms with van der Waals surface area (Å²) in [5.41, 5.74) is 1.06. The lowest BCUT2D eigenvalue weighted by Gasteiger charge is -1.99. The van der Waals surface area contributed by atoms with Gasteiger partial charge in [-0.1, -0.05) is 13.3 Å². The first-order chi connectivity index (χ1) is 6.77. The lowest BCUT2D eigenvalue weighted by molar-refractivity contribution is 0.130. The Morgan fingerprint density at radius 3 is 2.93 bits per heavy atom. The Hall–Kier alpha value is -0.100. The van der Waals surface area contributed by atoms with Gasteiger partial charge in [0.15, 0.2) is 0 Å². The van der Waals surface area contributed by atoms with E-state index in [1.807, 2.05) is 11.6 Å². The van der Waals surface area contributed by atoms with Crippen LogP contribution in [-0.2, 0) is 17.9 Å². The fraction of sp³-hybridized carbons (Fsp3) is 0.700. The molecule has 0 unspecified atom stereocenters. The Kier molecular flexibility index (Phi) is 5.47. The standard InChI is InChI=1S/C10H17IN2O/c1-3-5-6-13-7-9(11)10(12-13)8-14-4-2/h7H,3-6,8H2,1-2H3. The topological polar surface area (TPSA) is 27.1 Å². The van der Waals surface area contributed by atoms with Crippen LogP contribution >= 0.6 is 22.6 Å². The molecule has 1 aromatic rings. The molecule has 1 heterocycles. The summed E-state index contributed by atoms with van der Waals surface area (Å²) < 4.78 is 8.55. The SMILES string of the molecule is CCCCn1cc(I)c(COCC)n1. The minimum atomic E-state index is 0.633. The molecule has 0 saturated heterocycles. The van der Waals surface area contributed by atoms with Crippen molar-refractivity contribution in [2.45, 2.75) is 39.8 Å². The Morgan fingerprint density at radius 1 is 1.50 bits per heavy atom.